The first-order valence-corrected chi connectivity index (χ1v) is 7.35. The maximum Gasteiger partial charge on any atom is 0.119 e. The minimum Gasteiger partial charge on any atom is -0.494 e. The molecule has 3 heteroatoms. The van der Waals surface area contributed by atoms with Gasteiger partial charge in [0.15, 0.2) is 0 Å². The lowest BCUT2D eigenvalue weighted by Gasteiger charge is -2.10. The summed E-state index contributed by atoms with van der Waals surface area (Å²) < 4.78 is 5.67. The predicted octanol–water partition coefficient (Wildman–Crippen LogP) is 4.44. The van der Waals surface area contributed by atoms with Crippen LogP contribution in [0.25, 0.3) is 0 Å². The van der Waals surface area contributed by atoms with Gasteiger partial charge in [0.1, 0.15) is 5.75 Å². The molecule has 1 unspecified atom stereocenters. The third kappa shape index (κ3) is 5.13. The number of benzene rings is 1. The average molecular weight is 259 g/mol. The van der Waals surface area contributed by atoms with Gasteiger partial charge in [-0.25, -0.2) is 0 Å². The molecule has 0 spiro atoms. The Morgan fingerprint density at radius 2 is 1.94 bits per heavy atom. The zero-order chi connectivity index (χ0) is 11.8. The molecule has 1 rings (SSSR count). The van der Waals surface area contributed by atoms with E-state index in [9.17, 15) is 0 Å². The summed E-state index contributed by atoms with van der Waals surface area (Å²) in [7, 11) is 0. The van der Waals surface area contributed by atoms with Crippen molar-refractivity contribution >= 4 is 23.4 Å². The molecular formula is C13H19ClOS. The summed E-state index contributed by atoms with van der Waals surface area (Å²) in [6.07, 6.45) is 4.21. The van der Waals surface area contributed by atoms with Gasteiger partial charge in [0.25, 0.3) is 0 Å². The van der Waals surface area contributed by atoms with Crippen LogP contribution in [0.5, 0.6) is 5.75 Å². The van der Waals surface area contributed by atoms with E-state index < -0.39 is 0 Å². The summed E-state index contributed by atoms with van der Waals surface area (Å²) in [4.78, 5) is 1.27. The topological polar surface area (TPSA) is 9.23 Å². The van der Waals surface area contributed by atoms with Gasteiger partial charge in [-0.1, -0.05) is 6.92 Å². The van der Waals surface area contributed by atoms with Gasteiger partial charge < -0.3 is 4.74 Å². The SMILES string of the molecule is CSc1ccc(OCCC(C)CCCl)cc1. The Bertz CT molecular complexity index is 286. The Kier molecular flexibility index (Phi) is 6.74. The zero-order valence-corrected chi connectivity index (χ0v) is 11.5. The van der Waals surface area contributed by atoms with Crippen LogP contribution >= 0.6 is 23.4 Å². The molecule has 0 aliphatic heterocycles. The highest BCUT2D eigenvalue weighted by Gasteiger charge is 2.01. The van der Waals surface area contributed by atoms with E-state index in [2.05, 4.69) is 25.3 Å². The standard InChI is InChI=1S/C13H19ClOS/c1-11(7-9-14)8-10-15-12-3-5-13(16-2)6-4-12/h3-6,11H,7-10H2,1-2H3. The monoisotopic (exact) mass is 258 g/mol. The van der Waals surface area contributed by atoms with Gasteiger partial charge in [-0.3, -0.25) is 0 Å². The number of ether oxygens (including phenoxy) is 1. The third-order valence-electron chi connectivity index (χ3n) is 2.54. The summed E-state index contributed by atoms with van der Waals surface area (Å²) in [5.41, 5.74) is 0. The summed E-state index contributed by atoms with van der Waals surface area (Å²) in [5, 5.41) is 0. The number of thioether (sulfide) groups is 1. The number of halogens is 1. The molecule has 1 atom stereocenters. The number of rotatable bonds is 7. The normalized spacial score (nSPS) is 12.4. The highest BCUT2D eigenvalue weighted by Crippen LogP contribution is 2.19. The Morgan fingerprint density at radius 1 is 1.25 bits per heavy atom. The molecule has 0 amide bonds. The molecule has 16 heavy (non-hydrogen) atoms. The summed E-state index contributed by atoms with van der Waals surface area (Å²) in [6.45, 7) is 2.99. The van der Waals surface area contributed by atoms with E-state index >= 15 is 0 Å². The maximum absolute atomic E-state index is 5.68. The zero-order valence-electron chi connectivity index (χ0n) is 9.91. The second-order valence-electron chi connectivity index (χ2n) is 3.90. The molecule has 1 aromatic rings. The minimum absolute atomic E-state index is 0.642. The lowest BCUT2D eigenvalue weighted by Crippen LogP contribution is -2.04. The van der Waals surface area contributed by atoms with Crippen molar-refractivity contribution in [3.63, 3.8) is 0 Å². The molecule has 0 heterocycles. The smallest absolute Gasteiger partial charge is 0.119 e. The molecule has 1 nitrogen and oxygen atoms in total. The van der Waals surface area contributed by atoms with Crippen molar-refractivity contribution in [1.82, 2.24) is 0 Å². The average Bonchev–Trinajstić information content (AvgIpc) is 2.30. The summed E-state index contributed by atoms with van der Waals surface area (Å²) in [5.74, 6) is 2.34. The minimum atomic E-state index is 0.642. The van der Waals surface area contributed by atoms with Gasteiger partial charge in [-0.2, -0.15) is 0 Å². The van der Waals surface area contributed by atoms with Crippen LogP contribution < -0.4 is 4.74 Å². The van der Waals surface area contributed by atoms with Gasteiger partial charge in [0.2, 0.25) is 0 Å². The lowest BCUT2D eigenvalue weighted by atomic mass is 10.1. The fourth-order valence-corrected chi connectivity index (χ4v) is 2.16. The van der Waals surface area contributed by atoms with E-state index in [4.69, 9.17) is 16.3 Å². The molecular weight excluding hydrogens is 240 g/mol. The van der Waals surface area contributed by atoms with Crippen LogP contribution in [-0.2, 0) is 0 Å². The van der Waals surface area contributed by atoms with Crippen LogP contribution in [0.3, 0.4) is 0 Å². The van der Waals surface area contributed by atoms with Gasteiger partial charge in [-0.05, 0) is 49.3 Å². The van der Waals surface area contributed by atoms with Gasteiger partial charge in [0, 0.05) is 10.8 Å². The second-order valence-corrected chi connectivity index (χ2v) is 5.15. The van der Waals surface area contributed by atoms with E-state index in [0.717, 1.165) is 31.1 Å². The van der Waals surface area contributed by atoms with E-state index in [0.29, 0.717) is 5.92 Å². The number of hydrogen-bond acceptors (Lipinski definition) is 2. The molecule has 0 radical (unpaired) electrons. The Morgan fingerprint density at radius 3 is 2.50 bits per heavy atom. The van der Waals surface area contributed by atoms with Crippen molar-refractivity contribution < 1.29 is 4.74 Å². The van der Waals surface area contributed by atoms with Crippen molar-refractivity contribution in [2.45, 2.75) is 24.7 Å². The molecule has 0 fully saturated rings. The fraction of sp³-hybridized carbons (Fsp3) is 0.538. The first kappa shape index (κ1) is 13.7. The quantitative estimate of drug-likeness (QED) is 0.528. The Labute approximate surface area is 108 Å². The molecule has 90 valence electrons. The maximum atomic E-state index is 5.68. The molecule has 0 bridgehead atoms. The third-order valence-corrected chi connectivity index (χ3v) is 3.50. The number of hydrogen-bond donors (Lipinski definition) is 0. The van der Waals surface area contributed by atoms with Gasteiger partial charge >= 0.3 is 0 Å². The molecule has 0 saturated heterocycles. The van der Waals surface area contributed by atoms with Crippen molar-refractivity contribution in [3.8, 4) is 5.75 Å². The molecule has 0 aliphatic rings. The highest BCUT2D eigenvalue weighted by molar-refractivity contribution is 7.98. The van der Waals surface area contributed by atoms with Crippen LogP contribution in [0.1, 0.15) is 19.8 Å². The predicted molar refractivity (Wildman–Crippen MR) is 72.8 cm³/mol. The number of alkyl halides is 1. The lowest BCUT2D eigenvalue weighted by molar-refractivity contribution is 0.282. The van der Waals surface area contributed by atoms with Gasteiger partial charge in [0.05, 0.1) is 6.61 Å². The van der Waals surface area contributed by atoms with Gasteiger partial charge in [-0.15, -0.1) is 23.4 Å². The highest BCUT2D eigenvalue weighted by atomic mass is 35.5. The van der Waals surface area contributed by atoms with Crippen molar-refractivity contribution in [3.05, 3.63) is 24.3 Å². The van der Waals surface area contributed by atoms with E-state index in [-0.39, 0.29) is 0 Å². The largest absolute Gasteiger partial charge is 0.494 e. The van der Waals surface area contributed by atoms with Crippen LogP contribution in [0.15, 0.2) is 29.2 Å². The summed E-state index contributed by atoms with van der Waals surface area (Å²) >= 11 is 7.43. The van der Waals surface area contributed by atoms with E-state index in [1.807, 2.05) is 12.1 Å². The van der Waals surface area contributed by atoms with E-state index in [1.54, 1.807) is 11.8 Å². The Hall–Kier alpha value is -0.340. The van der Waals surface area contributed by atoms with Crippen LogP contribution in [0, 0.1) is 5.92 Å². The van der Waals surface area contributed by atoms with Crippen molar-refractivity contribution in [1.29, 1.82) is 0 Å². The molecule has 0 aromatic heterocycles. The molecule has 0 N–H and O–H groups in total. The van der Waals surface area contributed by atoms with Crippen molar-refractivity contribution in [2.24, 2.45) is 5.92 Å². The Balaban J connectivity index is 2.26. The van der Waals surface area contributed by atoms with Crippen LogP contribution in [-0.4, -0.2) is 18.7 Å². The molecule has 1 aromatic carbocycles. The summed E-state index contributed by atoms with van der Waals surface area (Å²) in [6, 6.07) is 8.22. The second kappa shape index (κ2) is 7.86. The van der Waals surface area contributed by atoms with Crippen molar-refractivity contribution in [2.75, 3.05) is 18.7 Å². The molecule has 0 aliphatic carbocycles. The first-order chi connectivity index (χ1) is 7.76. The van der Waals surface area contributed by atoms with Crippen LogP contribution in [0.2, 0.25) is 0 Å². The van der Waals surface area contributed by atoms with E-state index in [1.165, 1.54) is 4.90 Å². The fourth-order valence-electron chi connectivity index (χ4n) is 1.38. The molecule has 0 saturated carbocycles. The first-order valence-electron chi connectivity index (χ1n) is 5.59. The van der Waals surface area contributed by atoms with Crippen LogP contribution in [0.4, 0.5) is 0 Å².